The SMILES string of the molecule is CC(C)(O)C(C)(C)OB(O)c1cc([N+](=O)[O-])ccc1CN. The molecule has 8 heteroatoms. The predicted molar refractivity (Wildman–Crippen MR) is 80.1 cm³/mol. The monoisotopic (exact) mass is 296 g/mol. The molecular weight excluding hydrogens is 275 g/mol. The van der Waals surface area contributed by atoms with Crippen LogP contribution in [0, 0.1) is 10.1 Å². The van der Waals surface area contributed by atoms with Crippen molar-refractivity contribution in [2.24, 2.45) is 5.73 Å². The molecule has 0 spiro atoms. The van der Waals surface area contributed by atoms with Crippen molar-refractivity contribution in [1.29, 1.82) is 0 Å². The van der Waals surface area contributed by atoms with Crippen LogP contribution >= 0.6 is 0 Å². The van der Waals surface area contributed by atoms with Crippen LogP contribution in [-0.4, -0.2) is 33.4 Å². The van der Waals surface area contributed by atoms with Crippen molar-refractivity contribution in [2.75, 3.05) is 0 Å². The Labute approximate surface area is 124 Å². The van der Waals surface area contributed by atoms with Gasteiger partial charge in [0.05, 0.1) is 16.1 Å². The van der Waals surface area contributed by atoms with Gasteiger partial charge in [-0.25, -0.2) is 0 Å². The smallest absolute Gasteiger partial charge is 0.423 e. The Kier molecular flexibility index (Phi) is 5.11. The van der Waals surface area contributed by atoms with E-state index in [1.807, 2.05) is 0 Å². The molecule has 1 rings (SSSR count). The Hall–Kier alpha value is -1.48. The van der Waals surface area contributed by atoms with Crippen molar-refractivity contribution >= 4 is 18.3 Å². The van der Waals surface area contributed by atoms with Crippen LogP contribution in [0.3, 0.4) is 0 Å². The van der Waals surface area contributed by atoms with E-state index in [9.17, 15) is 20.2 Å². The summed E-state index contributed by atoms with van der Waals surface area (Å²) in [7, 11) is -1.43. The minimum absolute atomic E-state index is 0.108. The van der Waals surface area contributed by atoms with Gasteiger partial charge >= 0.3 is 7.12 Å². The summed E-state index contributed by atoms with van der Waals surface area (Å²) >= 11 is 0. The molecule has 1 aromatic carbocycles. The molecule has 0 fully saturated rings. The lowest BCUT2D eigenvalue weighted by Gasteiger charge is -2.38. The van der Waals surface area contributed by atoms with Crippen LogP contribution < -0.4 is 11.2 Å². The molecule has 0 aliphatic rings. The van der Waals surface area contributed by atoms with Gasteiger partial charge in [0, 0.05) is 18.7 Å². The van der Waals surface area contributed by atoms with Crippen LogP contribution in [0.2, 0.25) is 0 Å². The van der Waals surface area contributed by atoms with Crippen molar-refractivity contribution in [2.45, 2.75) is 45.4 Å². The first-order valence-corrected chi connectivity index (χ1v) is 6.55. The van der Waals surface area contributed by atoms with Gasteiger partial charge in [0.1, 0.15) is 0 Å². The van der Waals surface area contributed by atoms with Gasteiger partial charge in [0.25, 0.3) is 5.69 Å². The average Bonchev–Trinajstić information content (AvgIpc) is 2.35. The van der Waals surface area contributed by atoms with Crippen molar-refractivity contribution in [3.63, 3.8) is 0 Å². The third-order valence-corrected chi connectivity index (χ3v) is 3.71. The molecule has 0 aliphatic carbocycles. The van der Waals surface area contributed by atoms with Crippen LogP contribution in [-0.2, 0) is 11.2 Å². The van der Waals surface area contributed by atoms with Crippen LogP contribution in [0.5, 0.6) is 0 Å². The summed E-state index contributed by atoms with van der Waals surface area (Å²) < 4.78 is 5.49. The van der Waals surface area contributed by atoms with Gasteiger partial charge in [0.15, 0.2) is 0 Å². The number of hydrogen-bond donors (Lipinski definition) is 3. The summed E-state index contributed by atoms with van der Waals surface area (Å²) in [6.07, 6.45) is 0. The number of nitrogens with two attached hydrogens (primary N) is 1. The number of nitro benzene ring substituents is 1. The number of nitro groups is 1. The normalized spacial score (nSPS) is 12.3. The number of benzene rings is 1. The first-order chi connectivity index (χ1) is 9.49. The van der Waals surface area contributed by atoms with E-state index in [2.05, 4.69) is 0 Å². The quantitative estimate of drug-likeness (QED) is 0.395. The molecule has 4 N–H and O–H groups in total. The van der Waals surface area contributed by atoms with Crippen molar-refractivity contribution in [3.05, 3.63) is 33.9 Å². The zero-order chi connectivity index (χ0) is 16.4. The Morgan fingerprint density at radius 3 is 2.38 bits per heavy atom. The number of non-ortho nitro benzene ring substituents is 1. The zero-order valence-corrected chi connectivity index (χ0v) is 12.7. The minimum Gasteiger partial charge on any atom is -0.423 e. The van der Waals surface area contributed by atoms with Gasteiger partial charge in [-0.15, -0.1) is 0 Å². The highest BCUT2D eigenvalue weighted by molar-refractivity contribution is 6.60. The fourth-order valence-corrected chi connectivity index (χ4v) is 1.60. The lowest BCUT2D eigenvalue weighted by Crippen LogP contribution is -2.53. The second kappa shape index (κ2) is 6.11. The molecule has 21 heavy (non-hydrogen) atoms. The number of aliphatic hydroxyl groups is 1. The summed E-state index contributed by atoms with van der Waals surface area (Å²) in [5.74, 6) is 0. The second-order valence-electron chi connectivity index (χ2n) is 5.88. The summed E-state index contributed by atoms with van der Waals surface area (Å²) in [5, 5.41) is 31.1. The molecule has 0 saturated carbocycles. The summed E-state index contributed by atoms with van der Waals surface area (Å²) in [6, 6.07) is 4.03. The highest BCUT2D eigenvalue weighted by Gasteiger charge is 2.40. The lowest BCUT2D eigenvalue weighted by atomic mass is 9.74. The molecule has 0 unspecified atom stereocenters. The minimum atomic E-state index is -1.43. The Balaban J connectivity index is 3.14. The van der Waals surface area contributed by atoms with Gasteiger partial charge in [-0.3, -0.25) is 10.1 Å². The van der Waals surface area contributed by atoms with Crippen LogP contribution in [0.1, 0.15) is 33.3 Å². The van der Waals surface area contributed by atoms with Gasteiger partial charge in [-0.05, 0) is 38.7 Å². The molecule has 116 valence electrons. The molecule has 7 nitrogen and oxygen atoms in total. The third kappa shape index (κ3) is 4.01. The molecule has 0 saturated heterocycles. The first-order valence-electron chi connectivity index (χ1n) is 6.55. The van der Waals surface area contributed by atoms with Crippen LogP contribution in [0.15, 0.2) is 18.2 Å². The highest BCUT2D eigenvalue weighted by Crippen LogP contribution is 2.25. The molecule has 0 bridgehead atoms. The van der Waals surface area contributed by atoms with Crippen LogP contribution in [0.25, 0.3) is 0 Å². The first kappa shape index (κ1) is 17.6. The van der Waals surface area contributed by atoms with Gasteiger partial charge in [-0.2, -0.15) is 0 Å². The van der Waals surface area contributed by atoms with Crippen LogP contribution in [0.4, 0.5) is 5.69 Å². The van der Waals surface area contributed by atoms with E-state index in [1.165, 1.54) is 18.2 Å². The molecular formula is C13H21BN2O5. The number of hydrogen-bond acceptors (Lipinski definition) is 6. The largest absolute Gasteiger partial charge is 0.492 e. The van der Waals surface area contributed by atoms with E-state index in [0.29, 0.717) is 5.56 Å². The Morgan fingerprint density at radius 1 is 1.38 bits per heavy atom. The summed E-state index contributed by atoms with van der Waals surface area (Å²) in [4.78, 5) is 10.3. The maximum Gasteiger partial charge on any atom is 0.492 e. The summed E-state index contributed by atoms with van der Waals surface area (Å²) in [5.41, 5.74) is 3.91. The molecule has 0 amide bonds. The fourth-order valence-electron chi connectivity index (χ4n) is 1.60. The topological polar surface area (TPSA) is 119 Å². The van der Waals surface area contributed by atoms with E-state index in [4.69, 9.17) is 10.4 Å². The third-order valence-electron chi connectivity index (χ3n) is 3.71. The maximum atomic E-state index is 10.8. The van der Waals surface area contributed by atoms with E-state index in [1.54, 1.807) is 27.7 Å². The second-order valence-corrected chi connectivity index (χ2v) is 5.88. The predicted octanol–water partition coefficient (Wildman–Crippen LogP) is 0.307. The zero-order valence-electron chi connectivity index (χ0n) is 12.7. The fraction of sp³-hybridized carbons (Fsp3) is 0.538. The van der Waals surface area contributed by atoms with Crippen molar-refractivity contribution < 1.29 is 19.7 Å². The number of nitrogens with zero attached hydrogens (tertiary/aromatic N) is 1. The van der Waals surface area contributed by atoms with Crippen molar-refractivity contribution in [1.82, 2.24) is 0 Å². The Morgan fingerprint density at radius 2 is 1.95 bits per heavy atom. The van der Waals surface area contributed by atoms with E-state index >= 15 is 0 Å². The average molecular weight is 296 g/mol. The highest BCUT2D eigenvalue weighted by atomic mass is 16.6. The lowest BCUT2D eigenvalue weighted by molar-refractivity contribution is -0.384. The number of rotatable bonds is 6. The van der Waals surface area contributed by atoms with Gasteiger partial charge in [-0.1, -0.05) is 6.07 Å². The molecule has 0 atom stereocenters. The van der Waals surface area contributed by atoms with Gasteiger partial charge < -0.3 is 20.5 Å². The summed E-state index contributed by atoms with van der Waals surface area (Å²) in [6.45, 7) is 6.45. The molecule has 0 aliphatic heterocycles. The molecule has 0 radical (unpaired) electrons. The van der Waals surface area contributed by atoms with Crippen molar-refractivity contribution in [3.8, 4) is 0 Å². The van der Waals surface area contributed by atoms with Gasteiger partial charge in [0.2, 0.25) is 0 Å². The van der Waals surface area contributed by atoms with E-state index in [0.717, 1.165) is 0 Å². The Bertz CT molecular complexity index is 528. The maximum absolute atomic E-state index is 10.8. The molecule has 1 aromatic rings. The molecule has 0 heterocycles. The standard InChI is InChI=1S/C13H21BN2O5/c1-12(2,17)13(3,4)21-14(18)11-7-10(16(19)20)6-5-9(11)8-15/h5-7,17-18H,8,15H2,1-4H3. The van der Waals surface area contributed by atoms with E-state index in [-0.39, 0.29) is 17.7 Å². The van der Waals surface area contributed by atoms with E-state index < -0.39 is 23.2 Å². The molecule has 0 aromatic heterocycles.